The Bertz CT molecular complexity index is 611. The second-order valence-electron chi connectivity index (χ2n) is 5.80. The molecule has 2 rings (SSSR count). The maximum Gasteiger partial charge on any atom is 0.271 e. The molecule has 0 saturated heterocycles. The van der Waals surface area contributed by atoms with Gasteiger partial charge in [-0.2, -0.15) is 0 Å². The van der Waals surface area contributed by atoms with Crippen LogP contribution in [0.1, 0.15) is 37.7 Å². The van der Waals surface area contributed by atoms with Crippen LogP contribution in [0.2, 0.25) is 0 Å². The molecule has 1 N–H and O–H groups in total. The SMILES string of the molecule is CCN(c1ccccc1)c1ccc(C(=O)NCCC(C)C)nn1. The third-order valence-electron chi connectivity index (χ3n) is 3.55. The predicted molar refractivity (Wildman–Crippen MR) is 92.9 cm³/mol. The molecule has 0 bridgehead atoms. The Labute approximate surface area is 137 Å². The summed E-state index contributed by atoms with van der Waals surface area (Å²) in [5.74, 6) is 1.12. The standard InChI is InChI=1S/C18H24N4O/c1-4-22(15-8-6-5-7-9-15)17-11-10-16(20-21-17)18(23)19-13-12-14(2)3/h5-11,14H,4,12-13H2,1-3H3,(H,19,23). The van der Waals surface area contributed by atoms with E-state index in [0.29, 0.717) is 18.2 Å². The molecule has 0 fully saturated rings. The van der Waals surface area contributed by atoms with Crippen LogP contribution in [-0.4, -0.2) is 29.2 Å². The first-order chi connectivity index (χ1) is 11.1. The van der Waals surface area contributed by atoms with Gasteiger partial charge in [0.25, 0.3) is 5.91 Å². The lowest BCUT2D eigenvalue weighted by atomic mass is 10.1. The van der Waals surface area contributed by atoms with E-state index in [1.54, 1.807) is 6.07 Å². The average molecular weight is 312 g/mol. The van der Waals surface area contributed by atoms with Gasteiger partial charge >= 0.3 is 0 Å². The molecular formula is C18H24N4O. The number of para-hydroxylation sites is 1. The Morgan fingerprint density at radius 1 is 1.13 bits per heavy atom. The minimum Gasteiger partial charge on any atom is -0.351 e. The number of rotatable bonds is 7. The van der Waals surface area contributed by atoms with Crippen LogP contribution in [-0.2, 0) is 0 Å². The van der Waals surface area contributed by atoms with Gasteiger partial charge in [-0.15, -0.1) is 10.2 Å². The Morgan fingerprint density at radius 3 is 2.43 bits per heavy atom. The second-order valence-corrected chi connectivity index (χ2v) is 5.80. The number of nitrogens with one attached hydrogen (secondary N) is 1. The fourth-order valence-electron chi connectivity index (χ4n) is 2.24. The summed E-state index contributed by atoms with van der Waals surface area (Å²) in [6, 6.07) is 13.6. The summed E-state index contributed by atoms with van der Waals surface area (Å²) in [5.41, 5.74) is 1.40. The third-order valence-corrected chi connectivity index (χ3v) is 3.55. The number of amides is 1. The second kappa shape index (κ2) is 8.27. The number of carbonyl (C=O) groups is 1. The highest BCUT2D eigenvalue weighted by Crippen LogP contribution is 2.22. The Morgan fingerprint density at radius 2 is 1.87 bits per heavy atom. The van der Waals surface area contributed by atoms with Gasteiger partial charge < -0.3 is 10.2 Å². The van der Waals surface area contributed by atoms with E-state index in [9.17, 15) is 4.79 Å². The van der Waals surface area contributed by atoms with Crippen molar-refractivity contribution in [3.05, 3.63) is 48.2 Å². The lowest BCUT2D eigenvalue weighted by Crippen LogP contribution is -2.27. The van der Waals surface area contributed by atoms with Gasteiger partial charge in [0, 0.05) is 18.8 Å². The quantitative estimate of drug-likeness (QED) is 0.851. The van der Waals surface area contributed by atoms with Crippen LogP contribution in [0.15, 0.2) is 42.5 Å². The van der Waals surface area contributed by atoms with Gasteiger partial charge in [0.05, 0.1) is 0 Å². The van der Waals surface area contributed by atoms with E-state index < -0.39 is 0 Å². The normalized spacial score (nSPS) is 10.6. The number of nitrogens with zero attached hydrogens (tertiary/aromatic N) is 3. The van der Waals surface area contributed by atoms with Gasteiger partial charge in [0.2, 0.25) is 0 Å². The van der Waals surface area contributed by atoms with Crippen molar-refractivity contribution in [1.29, 1.82) is 0 Å². The van der Waals surface area contributed by atoms with E-state index in [2.05, 4.69) is 36.3 Å². The van der Waals surface area contributed by atoms with E-state index in [4.69, 9.17) is 0 Å². The van der Waals surface area contributed by atoms with Crippen molar-refractivity contribution < 1.29 is 4.79 Å². The zero-order valence-electron chi connectivity index (χ0n) is 14.0. The minimum atomic E-state index is -0.174. The van der Waals surface area contributed by atoms with Crippen LogP contribution >= 0.6 is 0 Å². The molecule has 0 spiro atoms. The first-order valence-electron chi connectivity index (χ1n) is 8.06. The molecule has 5 heteroatoms. The molecule has 0 radical (unpaired) electrons. The molecule has 1 amide bonds. The van der Waals surface area contributed by atoms with Crippen LogP contribution in [0.25, 0.3) is 0 Å². The molecule has 0 unspecified atom stereocenters. The van der Waals surface area contributed by atoms with Gasteiger partial charge in [0.1, 0.15) is 0 Å². The molecule has 122 valence electrons. The fraction of sp³-hybridized carbons (Fsp3) is 0.389. The fourth-order valence-corrected chi connectivity index (χ4v) is 2.24. The van der Waals surface area contributed by atoms with Crippen LogP contribution in [0.5, 0.6) is 0 Å². The summed E-state index contributed by atoms with van der Waals surface area (Å²) in [6.07, 6.45) is 0.953. The number of carbonyl (C=O) groups excluding carboxylic acids is 1. The van der Waals surface area contributed by atoms with Crippen LogP contribution in [0, 0.1) is 5.92 Å². The van der Waals surface area contributed by atoms with E-state index in [-0.39, 0.29) is 5.91 Å². The smallest absolute Gasteiger partial charge is 0.271 e. The zero-order chi connectivity index (χ0) is 16.7. The maximum absolute atomic E-state index is 12.0. The minimum absolute atomic E-state index is 0.174. The van der Waals surface area contributed by atoms with Crippen molar-refractivity contribution in [2.75, 3.05) is 18.0 Å². The molecule has 1 heterocycles. The van der Waals surface area contributed by atoms with Crippen molar-refractivity contribution >= 4 is 17.4 Å². The highest BCUT2D eigenvalue weighted by molar-refractivity contribution is 5.92. The summed E-state index contributed by atoms with van der Waals surface area (Å²) >= 11 is 0. The molecule has 1 aromatic carbocycles. The largest absolute Gasteiger partial charge is 0.351 e. The number of anilines is 2. The molecular weight excluding hydrogens is 288 g/mol. The van der Waals surface area contributed by atoms with Crippen LogP contribution in [0.3, 0.4) is 0 Å². The Balaban J connectivity index is 2.05. The number of hydrogen-bond acceptors (Lipinski definition) is 4. The molecule has 0 aliphatic heterocycles. The average Bonchev–Trinajstić information content (AvgIpc) is 2.57. The Hall–Kier alpha value is -2.43. The van der Waals surface area contributed by atoms with E-state index >= 15 is 0 Å². The van der Waals surface area contributed by atoms with Crippen molar-refractivity contribution in [2.24, 2.45) is 5.92 Å². The molecule has 2 aromatic rings. The van der Waals surface area contributed by atoms with Gasteiger partial charge in [-0.1, -0.05) is 32.0 Å². The van der Waals surface area contributed by atoms with Gasteiger partial charge in [-0.05, 0) is 43.5 Å². The topological polar surface area (TPSA) is 58.1 Å². The van der Waals surface area contributed by atoms with Gasteiger partial charge in [-0.3, -0.25) is 4.79 Å². The maximum atomic E-state index is 12.0. The number of benzene rings is 1. The summed E-state index contributed by atoms with van der Waals surface area (Å²) in [6.45, 7) is 7.75. The Kier molecular flexibility index (Phi) is 6.09. The van der Waals surface area contributed by atoms with Crippen molar-refractivity contribution in [3.8, 4) is 0 Å². The monoisotopic (exact) mass is 312 g/mol. The predicted octanol–water partition coefficient (Wildman–Crippen LogP) is 3.41. The van der Waals surface area contributed by atoms with Gasteiger partial charge in [0.15, 0.2) is 11.5 Å². The molecule has 0 atom stereocenters. The van der Waals surface area contributed by atoms with Crippen LogP contribution in [0.4, 0.5) is 11.5 Å². The third kappa shape index (κ3) is 4.77. The summed E-state index contributed by atoms with van der Waals surface area (Å²) in [4.78, 5) is 14.1. The summed E-state index contributed by atoms with van der Waals surface area (Å²) < 4.78 is 0. The molecule has 0 aliphatic carbocycles. The number of hydrogen-bond donors (Lipinski definition) is 1. The molecule has 0 saturated carbocycles. The van der Waals surface area contributed by atoms with E-state index in [0.717, 1.165) is 24.5 Å². The van der Waals surface area contributed by atoms with Crippen molar-refractivity contribution in [3.63, 3.8) is 0 Å². The molecule has 0 aliphatic rings. The zero-order valence-corrected chi connectivity index (χ0v) is 14.0. The van der Waals surface area contributed by atoms with Crippen LogP contribution < -0.4 is 10.2 Å². The highest BCUT2D eigenvalue weighted by Gasteiger charge is 2.12. The summed E-state index contributed by atoms with van der Waals surface area (Å²) in [7, 11) is 0. The first-order valence-corrected chi connectivity index (χ1v) is 8.06. The van der Waals surface area contributed by atoms with Crippen molar-refractivity contribution in [2.45, 2.75) is 27.2 Å². The first kappa shape index (κ1) is 16.9. The summed E-state index contributed by atoms with van der Waals surface area (Å²) in [5, 5.41) is 11.1. The van der Waals surface area contributed by atoms with E-state index in [1.807, 2.05) is 41.3 Å². The lowest BCUT2D eigenvalue weighted by Gasteiger charge is -2.21. The highest BCUT2D eigenvalue weighted by atomic mass is 16.1. The molecule has 5 nitrogen and oxygen atoms in total. The molecule has 23 heavy (non-hydrogen) atoms. The van der Waals surface area contributed by atoms with E-state index in [1.165, 1.54) is 0 Å². The molecule has 1 aromatic heterocycles. The van der Waals surface area contributed by atoms with Crippen molar-refractivity contribution in [1.82, 2.24) is 15.5 Å². The number of aromatic nitrogens is 2. The lowest BCUT2D eigenvalue weighted by molar-refractivity contribution is 0.0946. The van der Waals surface area contributed by atoms with Gasteiger partial charge in [-0.25, -0.2) is 0 Å².